The van der Waals surface area contributed by atoms with Crippen LogP contribution in [0, 0.1) is 24.0 Å². The summed E-state index contributed by atoms with van der Waals surface area (Å²) in [4.78, 5) is 0. The molecule has 0 saturated heterocycles. The lowest BCUT2D eigenvalue weighted by molar-refractivity contribution is 0.473. The summed E-state index contributed by atoms with van der Waals surface area (Å²) < 4.78 is 27.2. The molecule has 1 atom stereocenters. The van der Waals surface area contributed by atoms with Crippen molar-refractivity contribution in [3.63, 3.8) is 0 Å². The number of rotatable bonds is 6. The third kappa shape index (κ3) is 3.97. The Hall–Kier alpha value is -1.11. The summed E-state index contributed by atoms with van der Waals surface area (Å²) >= 11 is 5.53. The van der Waals surface area contributed by atoms with Crippen molar-refractivity contribution in [2.24, 2.45) is 0 Å². The maximum absolute atomic E-state index is 13.8. The van der Waals surface area contributed by atoms with Gasteiger partial charge < -0.3 is 5.32 Å². The molecular weight excluding hydrogens is 256 g/mol. The van der Waals surface area contributed by atoms with E-state index in [-0.39, 0.29) is 16.6 Å². The molecule has 0 saturated carbocycles. The van der Waals surface area contributed by atoms with E-state index in [4.69, 9.17) is 18.0 Å². The number of hydrogen-bond donors (Lipinski definition) is 1. The van der Waals surface area contributed by atoms with Gasteiger partial charge in [0.1, 0.15) is 11.6 Å². The van der Waals surface area contributed by atoms with Crippen molar-refractivity contribution in [3.05, 3.63) is 34.4 Å². The van der Waals surface area contributed by atoms with Gasteiger partial charge in [0.05, 0.1) is 5.02 Å². The molecule has 1 aromatic carbocycles. The molecule has 1 unspecified atom stereocenters. The summed E-state index contributed by atoms with van der Waals surface area (Å²) in [6.07, 6.45) is 7.18. The molecule has 0 spiro atoms. The fraction of sp³-hybridized carbons (Fsp3) is 0.429. The normalized spacial score (nSPS) is 12.2. The highest BCUT2D eigenvalue weighted by Gasteiger charge is 2.17. The molecule has 0 radical (unpaired) electrons. The molecule has 1 aromatic rings. The van der Waals surface area contributed by atoms with Crippen LogP contribution in [0.25, 0.3) is 0 Å². The second-order valence-corrected chi connectivity index (χ2v) is 4.44. The highest BCUT2D eigenvalue weighted by molar-refractivity contribution is 6.30. The first kappa shape index (κ1) is 14.9. The monoisotopic (exact) mass is 271 g/mol. The van der Waals surface area contributed by atoms with Gasteiger partial charge in [0.15, 0.2) is 0 Å². The van der Waals surface area contributed by atoms with E-state index in [9.17, 15) is 8.78 Å². The quantitative estimate of drug-likeness (QED) is 0.607. The van der Waals surface area contributed by atoms with E-state index in [0.717, 1.165) is 25.1 Å². The molecule has 1 rings (SSSR count). The molecule has 0 bridgehead atoms. The standard InChI is InChI=1S/C14H16ClF2N/c1-3-5-6-14(18-7-4-2)10-8-13(17)11(15)9-12(10)16/h1,8-9,14,18H,4-7H2,2H3. The number of hydrogen-bond acceptors (Lipinski definition) is 1. The molecule has 0 aliphatic carbocycles. The van der Waals surface area contributed by atoms with Crippen molar-refractivity contribution < 1.29 is 8.78 Å². The van der Waals surface area contributed by atoms with E-state index in [1.54, 1.807) is 0 Å². The smallest absolute Gasteiger partial charge is 0.142 e. The highest BCUT2D eigenvalue weighted by Crippen LogP contribution is 2.26. The van der Waals surface area contributed by atoms with Gasteiger partial charge in [0.2, 0.25) is 0 Å². The van der Waals surface area contributed by atoms with Gasteiger partial charge in [-0.2, -0.15) is 0 Å². The van der Waals surface area contributed by atoms with Crippen LogP contribution in [-0.4, -0.2) is 6.54 Å². The Morgan fingerprint density at radius 2 is 2.11 bits per heavy atom. The van der Waals surface area contributed by atoms with Crippen molar-refractivity contribution in [3.8, 4) is 12.3 Å². The summed E-state index contributed by atoms with van der Waals surface area (Å²) in [6, 6.07) is 1.86. The van der Waals surface area contributed by atoms with Crippen molar-refractivity contribution >= 4 is 11.6 Å². The minimum Gasteiger partial charge on any atom is -0.310 e. The largest absolute Gasteiger partial charge is 0.310 e. The molecule has 0 aliphatic heterocycles. The first-order valence-corrected chi connectivity index (χ1v) is 6.29. The van der Waals surface area contributed by atoms with Crippen LogP contribution < -0.4 is 5.32 Å². The highest BCUT2D eigenvalue weighted by atomic mass is 35.5. The summed E-state index contributed by atoms with van der Waals surface area (Å²) in [5.74, 6) is 1.39. The lowest BCUT2D eigenvalue weighted by atomic mass is 10.0. The van der Waals surface area contributed by atoms with Gasteiger partial charge >= 0.3 is 0 Å². The van der Waals surface area contributed by atoms with Crippen LogP contribution in [0.2, 0.25) is 5.02 Å². The second-order valence-electron chi connectivity index (χ2n) is 4.04. The summed E-state index contributed by atoms with van der Waals surface area (Å²) in [5, 5.41) is 2.96. The van der Waals surface area contributed by atoms with Gasteiger partial charge in [-0.05, 0) is 31.5 Å². The van der Waals surface area contributed by atoms with Gasteiger partial charge in [0.25, 0.3) is 0 Å². The van der Waals surface area contributed by atoms with Gasteiger partial charge in [0, 0.05) is 18.0 Å². The second kappa shape index (κ2) is 7.35. The molecule has 0 aromatic heterocycles. The Kier molecular flexibility index (Phi) is 6.11. The molecule has 0 aliphatic rings. The van der Waals surface area contributed by atoms with Crippen molar-refractivity contribution in [1.82, 2.24) is 5.32 Å². The fourth-order valence-corrected chi connectivity index (χ4v) is 1.87. The molecule has 0 heterocycles. The summed E-state index contributed by atoms with van der Waals surface area (Å²) in [6.45, 7) is 2.73. The van der Waals surface area contributed by atoms with Crippen LogP contribution >= 0.6 is 11.6 Å². The Morgan fingerprint density at radius 3 is 2.72 bits per heavy atom. The molecule has 1 N–H and O–H groups in total. The predicted octanol–water partition coefficient (Wildman–Crippen LogP) is 4.07. The molecule has 0 fully saturated rings. The Morgan fingerprint density at radius 1 is 1.39 bits per heavy atom. The Bertz CT molecular complexity index is 440. The summed E-state index contributed by atoms with van der Waals surface area (Å²) in [7, 11) is 0. The number of halogens is 3. The van der Waals surface area contributed by atoms with Crippen LogP contribution in [0.15, 0.2) is 12.1 Å². The topological polar surface area (TPSA) is 12.0 Å². The van der Waals surface area contributed by atoms with E-state index in [2.05, 4.69) is 11.2 Å². The average molecular weight is 272 g/mol. The van der Waals surface area contributed by atoms with E-state index in [1.165, 1.54) is 0 Å². The van der Waals surface area contributed by atoms with E-state index in [1.807, 2.05) is 6.92 Å². The molecular formula is C14H16ClF2N. The molecule has 4 heteroatoms. The Balaban J connectivity index is 2.96. The van der Waals surface area contributed by atoms with Crippen LogP contribution in [-0.2, 0) is 0 Å². The van der Waals surface area contributed by atoms with Crippen LogP contribution in [0.3, 0.4) is 0 Å². The van der Waals surface area contributed by atoms with Crippen LogP contribution in [0.1, 0.15) is 37.8 Å². The number of nitrogens with one attached hydrogen (secondary N) is 1. The SMILES string of the molecule is C#CCCC(NCCC)c1cc(F)c(Cl)cc1F. The zero-order valence-corrected chi connectivity index (χ0v) is 11.0. The molecule has 98 valence electrons. The molecule has 0 amide bonds. The lowest BCUT2D eigenvalue weighted by Crippen LogP contribution is -2.23. The van der Waals surface area contributed by atoms with Crippen LogP contribution in [0.4, 0.5) is 8.78 Å². The van der Waals surface area contributed by atoms with Crippen molar-refractivity contribution in [2.45, 2.75) is 32.2 Å². The maximum Gasteiger partial charge on any atom is 0.142 e. The van der Waals surface area contributed by atoms with E-state index < -0.39 is 11.6 Å². The number of benzene rings is 1. The molecule has 1 nitrogen and oxygen atoms in total. The zero-order chi connectivity index (χ0) is 13.5. The number of terminal acetylenes is 1. The molecule has 18 heavy (non-hydrogen) atoms. The third-order valence-electron chi connectivity index (χ3n) is 2.63. The van der Waals surface area contributed by atoms with Gasteiger partial charge in [-0.3, -0.25) is 0 Å². The minimum absolute atomic E-state index is 0.206. The van der Waals surface area contributed by atoms with Crippen molar-refractivity contribution in [2.75, 3.05) is 6.54 Å². The van der Waals surface area contributed by atoms with Crippen molar-refractivity contribution in [1.29, 1.82) is 0 Å². The van der Waals surface area contributed by atoms with Gasteiger partial charge in [-0.25, -0.2) is 8.78 Å². The fourth-order valence-electron chi connectivity index (χ4n) is 1.72. The van der Waals surface area contributed by atoms with E-state index >= 15 is 0 Å². The summed E-state index contributed by atoms with van der Waals surface area (Å²) in [5.41, 5.74) is 0.278. The zero-order valence-electron chi connectivity index (χ0n) is 10.3. The average Bonchev–Trinajstić information content (AvgIpc) is 2.35. The predicted molar refractivity (Wildman–Crippen MR) is 70.5 cm³/mol. The third-order valence-corrected chi connectivity index (χ3v) is 2.92. The van der Waals surface area contributed by atoms with Gasteiger partial charge in [-0.15, -0.1) is 12.3 Å². The maximum atomic E-state index is 13.8. The van der Waals surface area contributed by atoms with Gasteiger partial charge in [-0.1, -0.05) is 18.5 Å². The first-order valence-electron chi connectivity index (χ1n) is 5.91. The first-order chi connectivity index (χ1) is 8.60. The van der Waals surface area contributed by atoms with E-state index in [0.29, 0.717) is 12.8 Å². The lowest BCUT2D eigenvalue weighted by Gasteiger charge is -2.19. The Labute approximate surface area is 112 Å². The van der Waals surface area contributed by atoms with Crippen LogP contribution in [0.5, 0.6) is 0 Å². The minimum atomic E-state index is -0.614.